The highest BCUT2D eigenvalue weighted by Gasteiger charge is 1.80. The fourth-order valence-corrected chi connectivity index (χ4v) is 0.539. The van der Waals surface area contributed by atoms with E-state index in [2.05, 4.69) is 6.92 Å². The molecule has 1 nitrogen and oxygen atoms in total. The smallest absolute Gasteiger partial charge is 0.0431 e. The van der Waals surface area contributed by atoms with Gasteiger partial charge in [0.2, 0.25) is 0 Å². The first kappa shape index (κ1) is 11.1. The van der Waals surface area contributed by atoms with Gasteiger partial charge in [0.25, 0.3) is 0 Å². The molecule has 0 unspecified atom stereocenters. The first-order chi connectivity index (χ1) is 3.41. The summed E-state index contributed by atoms with van der Waals surface area (Å²) in [5.41, 5.74) is 0. The van der Waals surface area contributed by atoms with Crippen molar-refractivity contribution in [3.8, 4) is 0 Å². The van der Waals surface area contributed by atoms with Gasteiger partial charge in [-0.05, 0) is 6.42 Å². The minimum Gasteiger partial charge on any atom is -1.00 e. The fraction of sp³-hybridized carbons (Fsp3) is 1.00. The van der Waals surface area contributed by atoms with Crippen LogP contribution in [0.1, 0.15) is 32.6 Å². The molecule has 0 spiro atoms. The monoisotopic (exact) mass is 137 g/mol. The maximum atomic E-state index is 8.29. The molecule has 0 aliphatic heterocycles. The number of hydrogen-bond donors (Lipinski definition) is 1. The van der Waals surface area contributed by atoms with E-state index in [0.717, 1.165) is 6.42 Å². The third kappa shape index (κ3) is 9.54. The minimum absolute atomic E-state index is 0. The van der Waals surface area contributed by atoms with Gasteiger partial charge < -0.3 is 17.5 Å². The molecule has 0 heterocycles. The average molecular weight is 138 g/mol. The molecule has 52 valence electrons. The van der Waals surface area contributed by atoms with Crippen LogP contribution in [0, 0.1) is 0 Å². The van der Waals surface area contributed by atoms with Crippen molar-refractivity contribution in [3.05, 3.63) is 0 Å². The number of aliphatic hydroxyl groups is 1. The molecular weight excluding hydrogens is 124 g/mol. The van der Waals surface area contributed by atoms with Crippen LogP contribution in [0.5, 0.6) is 0 Å². The summed E-state index contributed by atoms with van der Waals surface area (Å²) in [4.78, 5) is 0. The van der Waals surface area contributed by atoms with Gasteiger partial charge in [-0.1, -0.05) is 26.2 Å². The van der Waals surface area contributed by atoms with Crippen LogP contribution in [-0.4, -0.2) is 11.7 Å². The van der Waals surface area contributed by atoms with E-state index in [1.165, 1.54) is 19.3 Å². The second kappa shape index (κ2) is 10.3. The molecule has 0 saturated heterocycles. The Morgan fingerprint density at radius 3 is 2.12 bits per heavy atom. The van der Waals surface area contributed by atoms with Gasteiger partial charge in [0.05, 0.1) is 0 Å². The summed E-state index contributed by atoms with van der Waals surface area (Å²) in [5.74, 6) is 0. The van der Waals surface area contributed by atoms with Crippen molar-refractivity contribution in [2.75, 3.05) is 6.61 Å². The highest BCUT2D eigenvalue weighted by atomic mass is 35.5. The Morgan fingerprint density at radius 2 is 1.75 bits per heavy atom. The minimum atomic E-state index is 0. The first-order valence-electron chi connectivity index (χ1n) is 3.02. The summed E-state index contributed by atoms with van der Waals surface area (Å²) < 4.78 is 0. The lowest BCUT2D eigenvalue weighted by Gasteiger charge is -1.90. The second-order valence-corrected chi connectivity index (χ2v) is 1.78. The standard InChI is InChI=1S/C6H14O.ClH/c1-2-3-4-5-6-7;/h7H,2-6H2,1H3;1H/p-1. The van der Waals surface area contributed by atoms with Gasteiger partial charge in [-0.25, -0.2) is 0 Å². The summed E-state index contributed by atoms with van der Waals surface area (Å²) >= 11 is 0. The number of hydrogen-bond acceptors (Lipinski definition) is 1. The third-order valence-electron chi connectivity index (χ3n) is 1.01. The van der Waals surface area contributed by atoms with E-state index in [4.69, 9.17) is 5.11 Å². The zero-order valence-corrected chi connectivity index (χ0v) is 6.12. The van der Waals surface area contributed by atoms with Crippen molar-refractivity contribution in [1.82, 2.24) is 0 Å². The molecule has 1 N–H and O–H groups in total. The molecule has 0 amide bonds. The predicted octanol–water partition coefficient (Wildman–Crippen LogP) is -1.44. The quantitative estimate of drug-likeness (QED) is 0.471. The van der Waals surface area contributed by atoms with Crippen molar-refractivity contribution in [2.45, 2.75) is 32.6 Å². The molecule has 0 rings (SSSR count). The van der Waals surface area contributed by atoms with Crippen molar-refractivity contribution in [3.63, 3.8) is 0 Å². The largest absolute Gasteiger partial charge is 1.00 e. The van der Waals surface area contributed by atoms with Gasteiger partial charge in [-0.3, -0.25) is 0 Å². The van der Waals surface area contributed by atoms with Gasteiger partial charge in [-0.15, -0.1) is 0 Å². The Morgan fingerprint density at radius 1 is 1.12 bits per heavy atom. The number of aliphatic hydroxyl groups excluding tert-OH is 1. The van der Waals surface area contributed by atoms with E-state index in [9.17, 15) is 0 Å². The molecule has 0 atom stereocenters. The van der Waals surface area contributed by atoms with Gasteiger partial charge in [0.1, 0.15) is 0 Å². The second-order valence-electron chi connectivity index (χ2n) is 1.78. The van der Waals surface area contributed by atoms with Crippen molar-refractivity contribution >= 4 is 0 Å². The molecule has 0 aromatic carbocycles. The van der Waals surface area contributed by atoms with Gasteiger partial charge >= 0.3 is 0 Å². The lowest BCUT2D eigenvalue weighted by molar-refractivity contribution is -0.00000276. The molecule has 0 saturated carbocycles. The lowest BCUT2D eigenvalue weighted by atomic mass is 10.2. The maximum absolute atomic E-state index is 8.29. The molecule has 0 bridgehead atoms. The zero-order chi connectivity index (χ0) is 5.54. The maximum Gasteiger partial charge on any atom is 0.0431 e. The van der Waals surface area contributed by atoms with E-state index >= 15 is 0 Å². The topological polar surface area (TPSA) is 20.2 Å². The number of halogens is 1. The van der Waals surface area contributed by atoms with Gasteiger partial charge in [0.15, 0.2) is 0 Å². The molecule has 0 aromatic heterocycles. The van der Waals surface area contributed by atoms with Gasteiger partial charge in [-0.2, -0.15) is 0 Å². The first-order valence-corrected chi connectivity index (χ1v) is 3.02. The van der Waals surface area contributed by atoms with Crippen LogP contribution in [0.2, 0.25) is 0 Å². The van der Waals surface area contributed by atoms with Crippen LogP contribution in [-0.2, 0) is 0 Å². The summed E-state index contributed by atoms with van der Waals surface area (Å²) in [5, 5.41) is 8.29. The number of rotatable bonds is 4. The van der Waals surface area contributed by atoms with E-state index in [1.54, 1.807) is 0 Å². The normalized spacial score (nSPS) is 8.25. The van der Waals surface area contributed by atoms with Crippen LogP contribution in [0.25, 0.3) is 0 Å². The van der Waals surface area contributed by atoms with Crippen LogP contribution in [0.15, 0.2) is 0 Å². The van der Waals surface area contributed by atoms with Crippen molar-refractivity contribution in [1.29, 1.82) is 0 Å². The van der Waals surface area contributed by atoms with Crippen LogP contribution in [0.3, 0.4) is 0 Å². The molecule has 0 aliphatic rings. The van der Waals surface area contributed by atoms with E-state index in [1.807, 2.05) is 0 Å². The lowest BCUT2D eigenvalue weighted by Crippen LogP contribution is -3.00. The molecule has 8 heavy (non-hydrogen) atoms. The van der Waals surface area contributed by atoms with E-state index in [0.29, 0.717) is 6.61 Å². The Balaban J connectivity index is 0. The highest BCUT2D eigenvalue weighted by molar-refractivity contribution is 4.35. The average Bonchev–Trinajstić information content (AvgIpc) is 1.69. The van der Waals surface area contributed by atoms with Crippen LogP contribution < -0.4 is 12.4 Å². The molecule has 0 aliphatic carbocycles. The Bertz CT molecular complexity index is 27.7. The van der Waals surface area contributed by atoms with E-state index in [-0.39, 0.29) is 12.4 Å². The Kier molecular flexibility index (Phi) is 14.3. The third-order valence-corrected chi connectivity index (χ3v) is 1.01. The molecule has 0 fully saturated rings. The van der Waals surface area contributed by atoms with Crippen molar-refractivity contribution < 1.29 is 17.5 Å². The summed E-state index contributed by atoms with van der Waals surface area (Å²) in [7, 11) is 0. The molecular formula is C6H14ClO-. The van der Waals surface area contributed by atoms with Crippen LogP contribution >= 0.6 is 0 Å². The molecule has 0 aromatic rings. The predicted molar refractivity (Wildman–Crippen MR) is 31.2 cm³/mol. The summed E-state index contributed by atoms with van der Waals surface area (Å²) in [6, 6.07) is 0. The summed E-state index contributed by atoms with van der Waals surface area (Å²) in [6.07, 6.45) is 4.68. The SMILES string of the molecule is CCCCCCO.[Cl-]. The van der Waals surface area contributed by atoms with Crippen LogP contribution in [0.4, 0.5) is 0 Å². The molecule has 2 heteroatoms. The fourth-order valence-electron chi connectivity index (χ4n) is 0.539. The van der Waals surface area contributed by atoms with E-state index < -0.39 is 0 Å². The molecule has 0 radical (unpaired) electrons. The Labute approximate surface area is 57.5 Å². The van der Waals surface area contributed by atoms with Crippen molar-refractivity contribution in [2.24, 2.45) is 0 Å². The zero-order valence-electron chi connectivity index (χ0n) is 5.36. The van der Waals surface area contributed by atoms with Gasteiger partial charge in [0, 0.05) is 6.61 Å². The number of unbranched alkanes of at least 4 members (excludes halogenated alkanes) is 3. The highest BCUT2D eigenvalue weighted by Crippen LogP contribution is 1.95. The summed E-state index contributed by atoms with van der Waals surface area (Å²) in [6.45, 7) is 2.53. The Hall–Kier alpha value is 0.250.